The van der Waals surface area contributed by atoms with Crippen molar-refractivity contribution in [2.75, 3.05) is 6.61 Å². The van der Waals surface area contributed by atoms with Gasteiger partial charge in [-0.1, -0.05) is 12.2 Å². The van der Waals surface area contributed by atoms with Crippen molar-refractivity contribution in [1.29, 1.82) is 0 Å². The van der Waals surface area contributed by atoms with Crippen molar-refractivity contribution in [2.45, 2.75) is 32.5 Å². The van der Waals surface area contributed by atoms with Crippen molar-refractivity contribution in [3.8, 4) is 0 Å². The second kappa shape index (κ2) is 6.00. The molecule has 1 heterocycles. The zero-order valence-corrected chi connectivity index (χ0v) is 11.9. The van der Waals surface area contributed by atoms with Gasteiger partial charge in [0.15, 0.2) is 0 Å². The van der Waals surface area contributed by atoms with Crippen LogP contribution >= 0.6 is 0 Å². The van der Waals surface area contributed by atoms with Gasteiger partial charge in [-0.15, -0.1) is 0 Å². The molecule has 0 unspecified atom stereocenters. The minimum absolute atomic E-state index is 0.0165. The summed E-state index contributed by atoms with van der Waals surface area (Å²) in [5.74, 6) is -1.20. The van der Waals surface area contributed by atoms with Gasteiger partial charge in [0.05, 0.1) is 17.9 Å². The number of carboxylic acid groups (broad SMARTS) is 1. The molecule has 0 aromatic carbocycles. The van der Waals surface area contributed by atoms with E-state index < -0.39 is 17.7 Å². The number of halogens is 3. The van der Waals surface area contributed by atoms with Crippen LogP contribution in [0.25, 0.3) is 5.57 Å². The Morgan fingerprint density at radius 2 is 2.09 bits per heavy atom. The molecule has 0 radical (unpaired) electrons. The van der Waals surface area contributed by atoms with Gasteiger partial charge in [-0.25, -0.2) is 4.79 Å². The van der Waals surface area contributed by atoms with Crippen LogP contribution in [0.15, 0.2) is 23.9 Å². The Morgan fingerprint density at radius 3 is 2.64 bits per heavy atom. The zero-order valence-electron chi connectivity index (χ0n) is 11.9. The van der Waals surface area contributed by atoms with Gasteiger partial charge in [0.1, 0.15) is 0 Å². The molecule has 0 saturated carbocycles. The highest BCUT2D eigenvalue weighted by Crippen LogP contribution is 2.40. The molecule has 0 saturated heterocycles. The minimum atomic E-state index is -4.47. The number of aliphatic hydroxyl groups excluding tert-OH is 1. The molecule has 4 nitrogen and oxygen atoms in total. The van der Waals surface area contributed by atoms with Crippen molar-refractivity contribution in [3.05, 3.63) is 40.7 Å². The molecular formula is C15H16F3NO3. The third kappa shape index (κ3) is 2.94. The van der Waals surface area contributed by atoms with E-state index in [4.69, 9.17) is 10.2 Å². The minimum Gasteiger partial charge on any atom is -0.478 e. The number of hydrogen-bond donors (Lipinski definition) is 2. The van der Waals surface area contributed by atoms with E-state index in [9.17, 15) is 18.0 Å². The van der Waals surface area contributed by atoms with E-state index in [0.717, 1.165) is 0 Å². The normalized spacial score (nSPS) is 15.5. The average Bonchev–Trinajstić information content (AvgIpc) is 2.75. The fourth-order valence-electron chi connectivity index (χ4n) is 2.70. The van der Waals surface area contributed by atoms with Gasteiger partial charge in [-0.3, -0.25) is 0 Å². The monoisotopic (exact) mass is 315 g/mol. The van der Waals surface area contributed by atoms with Gasteiger partial charge in [0.25, 0.3) is 0 Å². The highest BCUT2D eigenvalue weighted by atomic mass is 19.4. The van der Waals surface area contributed by atoms with Gasteiger partial charge in [-0.2, -0.15) is 13.2 Å². The number of carboxylic acids is 1. The van der Waals surface area contributed by atoms with Crippen molar-refractivity contribution >= 4 is 11.5 Å². The summed E-state index contributed by atoms with van der Waals surface area (Å²) >= 11 is 0. The molecule has 0 aliphatic heterocycles. The van der Waals surface area contributed by atoms with E-state index in [1.54, 1.807) is 6.08 Å². The summed E-state index contributed by atoms with van der Waals surface area (Å²) in [5.41, 5.74) is -0.264. The fraction of sp³-hybridized carbons (Fsp3) is 0.400. The average molecular weight is 315 g/mol. The number of rotatable bonds is 4. The van der Waals surface area contributed by atoms with Gasteiger partial charge >= 0.3 is 12.1 Å². The smallest absolute Gasteiger partial charge is 0.413 e. The topological polar surface area (TPSA) is 62.5 Å². The standard InChI is InChI=1S/C15H16F3NO3/c1-9-11(14(21)22)8-19(6-7-20)13(9)10-4-2-3-5-12(10)15(16,17)18/h2,4,8,20H,3,5-7H2,1H3,(H,21,22). The van der Waals surface area contributed by atoms with Gasteiger partial charge in [0, 0.05) is 23.9 Å². The maximum absolute atomic E-state index is 13.2. The maximum Gasteiger partial charge on any atom is 0.413 e. The molecule has 0 amide bonds. The second-order valence-corrected chi connectivity index (χ2v) is 5.07. The predicted octanol–water partition coefficient (Wildman–Crippen LogP) is 3.15. The highest BCUT2D eigenvalue weighted by Gasteiger charge is 2.37. The SMILES string of the molecule is Cc1c(C(=O)O)cn(CCO)c1C1=C(C(F)(F)F)CCC=C1. The number of carbonyl (C=O) groups is 1. The molecule has 1 aliphatic carbocycles. The van der Waals surface area contributed by atoms with Crippen LogP contribution in [0.4, 0.5) is 13.2 Å². The number of aliphatic hydroxyl groups is 1. The van der Waals surface area contributed by atoms with E-state index >= 15 is 0 Å². The summed E-state index contributed by atoms with van der Waals surface area (Å²) in [7, 11) is 0. The number of alkyl halides is 3. The third-order valence-electron chi connectivity index (χ3n) is 3.67. The summed E-state index contributed by atoms with van der Waals surface area (Å²) in [6.45, 7) is 1.22. The Kier molecular flexibility index (Phi) is 4.46. The molecule has 1 aromatic heterocycles. The molecular weight excluding hydrogens is 299 g/mol. The molecule has 22 heavy (non-hydrogen) atoms. The van der Waals surface area contributed by atoms with Crippen LogP contribution in [0.5, 0.6) is 0 Å². The molecule has 1 aliphatic rings. The van der Waals surface area contributed by atoms with Crippen molar-refractivity contribution < 1.29 is 28.2 Å². The lowest BCUT2D eigenvalue weighted by atomic mass is 9.92. The summed E-state index contributed by atoms with van der Waals surface area (Å²) in [5, 5.41) is 18.2. The molecule has 2 rings (SSSR count). The Balaban J connectivity index is 2.71. The van der Waals surface area contributed by atoms with Crippen LogP contribution in [0, 0.1) is 6.92 Å². The Labute approximate surface area is 125 Å². The zero-order chi connectivity index (χ0) is 16.5. The van der Waals surface area contributed by atoms with Crippen LogP contribution in [0.3, 0.4) is 0 Å². The molecule has 7 heteroatoms. The van der Waals surface area contributed by atoms with Gasteiger partial charge < -0.3 is 14.8 Å². The summed E-state index contributed by atoms with van der Waals surface area (Å²) in [4.78, 5) is 11.2. The second-order valence-electron chi connectivity index (χ2n) is 5.07. The first kappa shape index (κ1) is 16.4. The van der Waals surface area contributed by atoms with Crippen LogP contribution in [-0.4, -0.2) is 33.5 Å². The molecule has 1 aromatic rings. The Bertz CT molecular complexity index is 654. The number of nitrogens with zero attached hydrogens (tertiary/aromatic N) is 1. The molecule has 0 atom stereocenters. The fourth-order valence-corrected chi connectivity index (χ4v) is 2.70. The van der Waals surface area contributed by atoms with E-state index in [-0.39, 0.29) is 42.0 Å². The van der Waals surface area contributed by atoms with Gasteiger partial charge in [-0.05, 0) is 25.3 Å². The number of hydrogen-bond acceptors (Lipinski definition) is 2. The largest absolute Gasteiger partial charge is 0.478 e. The third-order valence-corrected chi connectivity index (χ3v) is 3.67. The van der Waals surface area contributed by atoms with E-state index in [2.05, 4.69) is 0 Å². The summed E-state index contributed by atoms with van der Waals surface area (Å²) in [6, 6.07) is 0. The van der Waals surface area contributed by atoms with Crippen LogP contribution < -0.4 is 0 Å². The highest BCUT2D eigenvalue weighted by molar-refractivity contribution is 5.92. The van der Waals surface area contributed by atoms with Crippen molar-refractivity contribution in [1.82, 2.24) is 4.57 Å². The number of aromatic carboxylic acids is 1. The lowest BCUT2D eigenvalue weighted by Crippen LogP contribution is -2.17. The summed E-state index contributed by atoms with van der Waals surface area (Å²) < 4.78 is 41.0. The van der Waals surface area contributed by atoms with Gasteiger partial charge in [0.2, 0.25) is 0 Å². The van der Waals surface area contributed by atoms with Crippen molar-refractivity contribution in [2.24, 2.45) is 0 Å². The van der Waals surface area contributed by atoms with Crippen LogP contribution in [0.1, 0.15) is 34.5 Å². The molecule has 2 N–H and O–H groups in total. The predicted molar refractivity (Wildman–Crippen MR) is 74.6 cm³/mol. The molecule has 0 fully saturated rings. The number of aromatic nitrogens is 1. The molecule has 0 spiro atoms. The Morgan fingerprint density at radius 1 is 1.41 bits per heavy atom. The first-order valence-corrected chi connectivity index (χ1v) is 6.78. The van der Waals surface area contributed by atoms with Crippen LogP contribution in [-0.2, 0) is 6.54 Å². The first-order valence-electron chi connectivity index (χ1n) is 6.78. The van der Waals surface area contributed by atoms with Crippen molar-refractivity contribution in [3.63, 3.8) is 0 Å². The molecule has 120 valence electrons. The number of allylic oxidation sites excluding steroid dienone is 4. The van der Waals surface area contributed by atoms with E-state index in [1.807, 2.05) is 0 Å². The lowest BCUT2D eigenvalue weighted by molar-refractivity contribution is -0.0933. The molecule has 0 bridgehead atoms. The maximum atomic E-state index is 13.2. The first-order chi connectivity index (χ1) is 10.3. The lowest BCUT2D eigenvalue weighted by Gasteiger charge is -2.20. The summed E-state index contributed by atoms with van der Waals surface area (Å²) in [6.07, 6.45) is -0.0167. The van der Waals surface area contributed by atoms with E-state index in [1.165, 1.54) is 23.8 Å². The Hall–Kier alpha value is -2.02. The van der Waals surface area contributed by atoms with Crippen LogP contribution in [0.2, 0.25) is 0 Å². The quantitative estimate of drug-likeness (QED) is 0.897. The van der Waals surface area contributed by atoms with E-state index in [0.29, 0.717) is 6.42 Å².